The average molecular weight is 408 g/mol. The van der Waals surface area contributed by atoms with E-state index in [0.29, 0.717) is 28.5 Å². The van der Waals surface area contributed by atoms with Crippen molar-refractivity contribution in [1.29, 1.82) is 0 Å². The molecule has 0 aliphatic heterocycles. The Morgan fingerprint density at radius 2 is 1.97 bits per heavy atom. The zero-order valence-corrected chi connectivity index (χ0v) is 16.1. The number of carbonyl (C=O) groups excluding carboxylic acids is 1. The molecule has 0 aliphatic rings. The van der Waals surface area contributed by atoms with Crippen LogP contribution in [0.15, 0.2) is 68.5 Å². The number of nitrogens with zero attached hydrogens (tertiary/aromatic N) is 3. The second-order valence-electron chi connectivity index (χ2n) is 6.64. The van der Waals surface area contributed by atoms with Crippen LogP contribution in [-0.4, -0.2) is 20.8 Å². The Balaban J connectivity index is 1.75. The summed E-state index contributed by atoms with van der Waals surface area (Å²) in [5.41, 5.74) is 0.806. The first kappa shape index (κ1) is 19.3. The van der Waals surface area contributed by atoms with Gasteiger partial charge in [0.1, 0.15) is 17.6 Å². The van der Waals surface area contributed by atoms with E-state index in [9.17, 15) is 14.0 Å². The van der Waals surface area contributed by atoms with Crippen LogP contribution in [0.2, 0.25) is 0 Å². The maximum Gasteiger partial charge on any atom is 0.268 e. The van der Waals surface area contributed by atoms with Crippen molar-refractivity contribution < 1.29 is 18.1 Å². The van der Waals surface area contributed by atoms with Crippen molar-refractivity contribution in [2.45, 2.75) is 19.9 Å². The lowest BCUT2D eigenvalue weighted by Gasteiger charge is -2.16. The number of nitrogens with one attached hydrogen (secondary N) is 1. The predicted octanol–water partition coefficient (Wildman–Crippen LogP) is 3.81. The highest BCUT2D eigenvalue weighted by Crippen LogP contribution is 2.30. The van der Waals surface area contributed by atoms with E-state index in [1.54, 1.807) is 31.2 Å². The van der Waals surface area contributed by atoms with Crippen LogP contribution < -0.4 is 10.9 Å². The van der Waals surface area contributed by atoms with Crippen LogP contribution in [0.3, 0.4) is 0 Å². The van der Waals surface area contributed by atoms with Crippen LogP contribution in [0.1, 0.15) is 18.7 Å². The molecule has 1 atom stereocenters. The number of halogens is 1. The third-order valence-electron chi connectivity index (χ3n) is 4.48. The average Bonchev–Trinajstić information content (AvgIpc) is 3.41. The zero-order valence-electron chi connectivity index (χ0n) is 16.1. The third-order valence-corrected chi connectivity index (χ3v) is 4.48. The molecular weight excluding hydrogens is 391 g/mol. The normalized spacial score (nSPS) is 12.0. The minimum absolute atomic E-state index is 0.0161. The van der Waals surface area contributed by atoms with E-state index in [-0.39, 0.29) is 5.69 Å². The fourth-order valence-corrected chi connectivity index (χ4v) is 2.93. The predicted molar refractivity (Wildman–Crippen MR) is 106 cm³/mol. The Kier molecular flexibility index (Phi) is 5.01. The van der Waals surface area contributed by atoms with E-state index in [4.69, 9.17) is 8.94 Å². The van der Waals surface area contributed by atoms with E-state index >= 15 is 0 Å². The smallest absolute Gasteiger partial charge is 0.268 e. The van der Waals surface area contributed by atoms with Gasteiger partial charge in [-0.2, -0.15) is 5.10 Å². The molecule has 0 bridgehead atoms. The highest BCUT2D eigenvalue weighted by molar-refractivity contribution is 5.93. The summed E-state index contributed by atoms with van der Waals surface area (Å²) >= 11 is 0. The van der Waals surface area contributed by atoms with Gasteiger partial charge in [-0.25, -0.2) is 9.07 Å². The molecule has 9 heteroatoms. The fourth-order valence-electron chi connectivity index (χ4n) is 2.93. The van der Waals surface area contributed by atoms with Gasteiger partial charge in [0.15, 0.2) is 11.5 Å². The monoisotopic (exact) mass is 408 g/mol. The van der Waals surface area contributed by atoms with E-state index in [0.717, 1.165) is 4.68 Å². The molecule has 1 N–H and O–H groups in total. The summed E-state index contributed by atoms with van der Waals surface area (Å²) in [4.78, 5) is 25.4. The van der Waals surface area contributed by atoms with Crippen LogP contribution in [0.4, 0.5) is 10.1 Å². The maximum absolute atomic E-state index is 13.9. The molecule has 0 fully saturated rings. The lowest BCUT2D eigenvalue weighted by molar-refractivity contribution is -0.119. The lowest BCUT2D eigenvalue weighted by atomic mass is 10.1. The lowest BCUT2D eigenvalue weighted by Crippen LogP contribution is -2.33. The number of benzene rings is 1. The molecular formula is C21H17FN4O4. The quantitative estimate of drug-likeness (QED) is 0.539. The SMILES string of the molecule is Cc1cc(-c2cc(=O)n([C@@H](C)C(=O)Nc3ccccc3F)nc2-c2ccco2)on1. The van der Waals surface area contributed by atoms with E-state index in [2.05, 4.69) is 15.6 Å². The minimum atomic E-state index is -1.02. The number of para-hydroxylation sites is 1. The molecule has 8 nitrogen and oxygen atoms in total. The number of carbonyl (C=O) groups is 1. The first-order chi connectivity index (χ1) is 14.4. The Hall–Kier alpha value is -4.01. The van der Waals surface area contributed by atoms with Crippen molar-refractivity contribution in [3.63, 3.8) is 0 Å². The summed E-state index contributed by atoms with van der Waals surface area (Å²) in [6.07, 6.45) is 1.47. The van der Waals surface area contributed by atoms with Gasteiger partial charge in [0.05, 0.1) is 23.2 Å². The van der Waals surface area contributed by atoms with Gasteiger partial charge in [-0.15, -0.1) is 0 Å². The Labute approximate surface area is 169 Å². The van der Waals surface area contributed by atoms with E-state index in [1.807, 2.05) is 0 Å². The van der Waals surface area contributed by atoms with Gasteiger partial charge in [0.25, 0.3) is 5.56 Å². The van der Waals surface area contributed by atoms with Crippen LogP contribution in [0.25, 0.3) is 22.8 Å². The van der Waals surface area contributed by atoms with Gasteiger partial charge in [-0.05, 0) is 38.1 Å². The second-order valence-corrected chi connectivity index (χ2v) is 6.64. The van der Waals surface area contributed by atoms with Gasteiger partial charge in [-0.3, -0.25) is 9.59 Å². The number of amides is 1. The number of rotatable bonds is 5. The summed E-state index contributed by atoms with van der Waals surface area (Å²) in [5, 5.41) is 10.7. The van der Waals surface area contributed by atoms with Crippen molar-refractivity contribution in [1.82, 2.24) is 14.9 Å². The fraction of sp³-hybridized carbons (Fsp3) is 0.143. The largest absolute Gasteiger partial charge is 0.463 e. The standard InChI is InChI=1S/C21H17FN4O4/c1-12-10-18(30-25-12)14-11-19(27)26(24-20(14)17-8-5-9-29-17)13(2)21(28)23-16-7-4-3-6-15(16)22/h3-11,13H,1-2H3,(H,23,28)/t13-/m0/s1. The third kappa shape index (κ3) is 3.64. The highest BCUT2D eigenvalue weighted by Gasteiger charge is 2.23. The Bertz CT molecular complexity index is 1260. The summed E-state index contributed by atoms with van der Waals surface area (Å²) < 4.78 is 25.6. The number of furan rings is 1. The van der Waals surface area contributed by atoms with Crippen molar-refractivity contribution in [2.75, 3.05) is 5.32 Å². The number of anilines is 1. The Morgan fingerprint density at radius 3 is 2.63 bits per heavy atom. The van der Waals surface area contributed by atoms with Gasteiger partial charge >= 0.3 is 0 Å². The van der Waals surface area contributed by atoms with E-state index in [1.165, 1.54) is 37.5 Å². The molecule has 3 heterocycles. The second kappa shape index (κ2) is 7.78. The number of hydrogen-bond donors (Lipinski definition) is 1. The van der Waals surface area contributed by atoms with Crippen molar-refractivity contribution in [3.05, 3.63) is 76.7 Å². The van der Waals surface area contributed by atoms with Crippen LogP contribution in [0.5, 0.6) is 0 Å². The number of hydrogen-bond acceptors (Lipinski definition) is 6. The molecule has 30 heavy (non-hydrogen) atoms. The molecule has 0 aliphatic carbocycles. The van der Waals surface area contributed by atoms with E-state index < -0.39 is 23.3 Å². The van der Waals surface area contributed by atoms with Gasteiger partial charge in [0, 0.05) is 12.1 Å². The molecule has 1 aromatic carbocycles. The van der Waals surface area contributed by atoms with Crippen molar-refractivity contribution in [2.24, 2.45) is 0 Å². The molecule has 152 valence electrons. The first-order valence-corrected chi connectivity index (χ1v) is 9.11. The summed E-state index contributed by atoms with van der Waals surface area (Å²) in [6, 6.07) is 11.1. The van der Waals surface area contributed by atoms with Gasteiger partial charge < -0.3 is 14.3 Å². The topological polar surface area (TPSA) is 103 Å². The molecule has 4 rings (SSSR count). The highest BCUT2D eigenvalue weighted by atomic mass is 19.1. The molecule has 1 amide bonds. The number of aryl methyl sites for hydroxylation is 1. The van der Waals surface area contributed by atoms with Crippen molar-refractivity contribution in [3.8, 4) is 22.8 Å². The van der Waals surface area contributed by atoms with Gasteiger partial charge in [-0.1, -0.05) is 17.3 Å². The molecule has 4 aromatic rings. The molecule has 0 saturated heterocycles. The first-order valence-electron chi connectivity index (χ1n) is 9.11. The number of aromatic nitrogens is 3. The zero-order chi connectivity index (χ0) is 21.3. The molecule has 0 unspecified atom stereocenters. The maximum atomic E-state index is 13.9. The molecule has 3 aromatic heterocycles. The molecule has 0 spiro atoms. The van der Waals surface area contributed by atoms with Crippen LogP contribution in [-0.2, 0) is 4.79 Å². The van der Waals surface area contributed by atoms with Crippen LogP contribution in [0, 0.1) is 12.7 Å². The van der Waals surface area contributed by atoms with Gasteiger partial charge in [0.2, 0.25) is 5.91 Å². The minimum Gasteiger partial charge on any atom is -0.463 e. The summed E-state index contributed by atoms with van der Waals surface area (Å²) in [6.45, 7) is 3.25. The van der Waals surface area contributed by atoms with Crippen LogP contribution >= 0.6 is 0 Å². The summed E-state index contributed by atoms with van der Waals surface area (Å²) in [5.74, 6) is -0.442. The molecule has 0 saturated carbocycles. The van der Waals surface area contributed by atoms with Crippen molar-refractivity contribution >= 4 is 11.6 Å². The molecule has 0 radical (unpaired) electrons. The summed E-state index contributed by atoms with van der Waals surface area (Å²) in [7, 11) is 0. The Morgan fingerprint density at radius 1 is 1.17 bits per heavy atom.